The van der Waals surface area contributed by atoms with Gasteiger partial charge in [-0.25, -0.2) is 0 Å². The van der Waals surface area contributed by atoms with E-state index < -0.39 is 0 Å². The Bertz CT molecular complexity index is 150. The van der Waals surface area contributed by atoms with Crippen LogP contribution in [0.1, 0.15) is 34.6 Å². The van der Waals surface area contributed by atoms with Crippen molar-refractivity contribution in [2.24, 2.45) is 11.1 Å². The number of hydrogen-bond acceptors (Lipinski definition) is 3. The van der Waals surface area contributed by atoms with Crippen molar-refractivity contribution in [2.75, 3.05) is 19.7 Å². The second-order valence-corrected chi connectivity index (χ2v) is 4.86. The fourth-order valence-electron chi connectivity index (χ4n) is 1.73. The molecule has 0 heterocycles. The summed E-state index contributed by atoms with van der Waals surface area (Å²) in [6, 6.07) is 0.0809. The smallest absolute Gasteiger partial charge is 0.0602 e. The first-order valence-corrected chi connectivity index (χ1v) is 5.48. The minimum absolute atomic E-state index is 0.00685. The van der Waals surface area contributed by atoms with Crippen LogP contribution in [-0.4, -0.2) is 41.8 Å². The van der Waals surface area contributed by atoms with Crippen molar-refractivity contribution < 1.29 is 5.11 Å². The Balaban J connectivity index is 4.53. The molecule has 3 nitrogen and oxygen atoms in total. The highest BCUT2D eigenvalue weighted by atomic mass is 16.3. The van der Waals surface area contributed by atoms with Crippen LogP contribution in [0.25, 0.3) is 0 Å². The topological polar surface area (TPSA) is 49.5 Å². The van der Waals surface area contributed by atoms with Crippen LogP contribution in [0.2, 0.25) is 0 Å². The Labute approximate surface area is 88.3 Å². The van der Waals surface area contributed by atoms with Crippen LogP contribution < -0.4 is 5.73 Å². The van der Waals surface area contributed by atoms with Gasteiger partial charge in [0.05, 0.1) is 6.61 Å². The Morgan fingerprint density at radius 3 is 1.86 bits per heavy atom. The van der Waals surface area contributed by atoms with E-state index in [1.165, 1.54) is 0 Å². The van der Waals surface area contributed by atoms with E-state index in [9.17, 15) is 5.11 Å². The quantitative estimate of drug-likeness (QED) is 0.701. The number of nitrogens with two attached hydrogens (primary N) is 1. The molecule has 0 saturated heterocycles. The van der Waals surface area contributed by atoms with Gasteiger partial charge in [0.1, 0.15) is 0 Å². The van der Waals surface area contributed by atoms with Gasteiger partial charge >= 0.3 is 0 Å². The zero-order valence-corrected chi connectivity index (χ0v) is 10.2. The Morgan fingerprint density at radius 2 is 1.64 bits per heavy atom. The number of rotatable bonds is 5. The molecule has 0 radical (unpaired) electrons. The molecule has 0 aromatic heterocycles. The summed E-state index contributed by atoms with van der Waals surface area (Å²) in [6.45, 7) is 12.6. The van der Waals surface area contributed by atoms with E-state index in [-0.39, 0.29) is 24.1 Å². The minimum atomic E-state index is 0.00685. The lowest BCUT2D eigenvalue weighted by molar-refractivity contribution is 0.0781. The number of nitrogens with zero attached hydrogens (tertiary/aromatic N) is 1. The first-order valence-electron chi connectivity index (χ1n) is 5.48. The predicted molar refractivity (Wildman–Crippen MR) is 61.2 cm³/mol. The van der Waals surface area contributed by atoms with E-state index in [0.29, 0.717) is 0 Å². The molecule has 2 atom stereocenters. The summed E-state index contributed by atoms with van der Waals surface area (Å²) in [5, 5.41) is 9.37. The van der Waals surface area contributed by atoms with Gasteiger partial charge in [-0.15, -0.1) is 0 Å². The monoisotopic (exact) mass is 202 g/mol. The molecule has 0 aromatic carbocycles. The summed E-state index contributed by atoms with van der Waals surface area (Å²) in [7, 11) is 0. The molecular weight excluding hydrogens is 176 g/mol. The second-order valence-electron chi connectivity index (χ2n) is 4.86. The molecule has 0 spiro atoms. The van der Waals surface area contributed by atoms with E-state index in [1.807, 2.05) is 0 Å². The van der Waals surface area contributed by atoms with Gasteiger partial charge in [-0.2, -0.15) is 0 Å². The van der Waals surface area contributed by atoms with Crippen LogP contribution in [0, 0.1) is 5.41 Å². The highest BCUT2D eigenvalue weighted by Gasteiger charge is 2.31. The standard InChI is InChI=1S/C11H26N2O/c1-6-13(7-2)9(8-14)10(12)11(3,4)5/h9-10,14H,6-8,12H2,1-5H3. The first-order chi connectivity index (χ1) is 6.38. The van der Waals surface area contributed by atoms with Gasteiger partial charge in [0.25, 0.3) is 0 Å². The van der Waals surface area contributed by atoms with Gasteiger partial charge in [0.2, 0.25) is 0 Å². The molecule has 0 aliphatic carbocycles. The van der Waals surface area contributed by atoms with Crippen molar-refractivity contribution in [1.82, 2.24) is 4.90 Å². The van der Waals surface area contributed by atoms with Crippen molar-refractivity contribution in [3.05, 3.63) is 0 Å². The molecule has 0 rings (SSSR count). The average Bonchev–Trinajstić information content (AvgIpc) is 2.11. The number of hydrogen-bond donors (Lipinski definition) is 2. The van der Waals surface area contributed by atoms with Crippen LogP contribution in [0.5, 0.6) is 0 Å². The zero-order valence-electron chi connectivity index (χ0n) is 10.2. The lowest BCUT2D eigenvalue weighted by atomic mass is 9.82. The lowest BCUT2D eigenvalue weighted by Gasteiger charge is -2.39. The number of aliphatic hydroxyl groups excluding tert-OH is 1. The first kappa shape index (κ1) is 13.9. The van der Waals surface area contributed by atoms with Gasteiger partial charge in [-0.05, 0) is 18.5 Å². The molecule has 86 valence electrons. The average molecular weight is 202 g/mol. The van der Waals surface area contributed by atoms with E-state index in [0.717, 1.165) is 13.1 Å². The third-order valence-electron chi connectivity index (χ3n) is 2.88. The van der Waals surface area contributed by atoms with Crippen LogP contribution in [0.15, 0.2) is 0 Å². The molecular formula is C11H26N2O. The Hall–Kier alpha value is -0.120. The maximum absolute atomic E-state index is 9.37. The fraction of sp³-hybridized carbons (Fsp3) is 1.00. The predicted octanol–water partition coefficient (Wildman–Crippen LogP) is 1.06. The summed E-state index contributed by atoms with van der Waals surface area (Å²) < 4.78 is 0. The Kier molecular flexibility index (Phi) is 5.64. The van der Waals surface area contributed by atoms with E-state index >= 15 is 0 Å². The number of aliphatic hydroxyl groups is 1. The summed E-state index contributed by atoms with van der Waals surface area (Å²) >= 11 is 0. The summed E-state index contributed by atoms with van der Waals surface area (Å²) in [4.78, 5) is 2.22. The van der Waals surface area contributed by atoms with E-state index in [1.54, 1.807) is 0 Å². The van der Waals surface area contributed by atoms with Gasteiger partial charge < -0.3 is 10.8 Å². The minimum Gasteiger partial charge on any atom is -0.395 e. The summed E-state index contributed by atoms with van der Waals surface area (Å²) in [6.07, 6.45) is 0. The third kappa shape index (κ3) is 3.56. The van der Waals surface area contributed by atoms with Crippen molar-refractivity contribution >= 4 is 0 Å². The van der Waals surface area contributed by atoms with Crippen molar-refractivity contribution in [1.29, 1.82) is 0 Å². The Morgan fingerprint density at radius 1 is 1.21 bits per heavy atom. The largest absolute Gasteiger partial charge is 0.395 e. The number of likely N-dealkylation sites (N-methyl/N-ethyl adjacent to an activating group) is 1. The lowest BCUT2D eigenvalue weighted by Crippen LogP contribution is -2.55. The maximum atomic E-state index is 9.37. The molecule has 3 N–H and O–H groups in total. The molecule has 2 unspecified atom stereocenters. The zero-order chi connectivity index (χ0) is 11.4. The summed E-state index contributed by atoms with van der Waals surface area (Å²) in [5.41, 5.74) is 6.19. The van der Waals surface area contributed by atoms with E-state index in [4.69, 9.17) is 5.73 Å². The molecule has 0 saturated carbocycles. The van der Waals surface area contributed by atoms with Gasteiger partial charge in [-0.3, -0.25) is 4.90 Å². The SMILES string of the molecule is CCN(CC)C(CO)C(N)C(C)(C)C. The molecule has 3 heteroatoms. The van der Waals surface area contributed by atoms with Crippen molar-refractivity contribution in [2.45, 2.75) is 46.7 Å². The van der Waals surface area contributed by atoms with Gasteiger partial charge in [0, 0.05) is 12.1 Å². The maximum Gasteiger partial charge on any atom is 0.0602 e. The second kappa shape index (κ2) is 5.69. The van der Waals surface area contributed by atoms with Crippen molar-refractivity contribution in [3.8, 4) is 0 Å². The highest BCUT2D eigenvalue weighted by molar-refractivity contribution is 4.89. The molecule has 0 bridgehead atoms. The molecule has 0 fully saturated rings. The normalized spacial score (nSPS) is 17.1. The van der Waals surface area contributed by atoms with Gasteiger partial charge in [0.15, 0.2) is 0 Å². The van der Waals surface area contributed by atoms with Gasteiger partial charge in [-0.1, -0.05) is 34.6 Å². The highest BCUT2D eigenvalue weighted by Crippen LogP contribution is 2.22. The molecule has 0 aliphatic rings. The molecule has 0 aromatic rings. The molecule has 0 amide bonds. The molecule has 14 heavy (non-hydrogen) atoms. The third-order valence-corrected chi connectivity index (χ3v) is 2.88. The van der Waals surface area contributed by atoms with Crippen LogP contribution in [0.3, 0.4) is 0 Å². The van der Waals surface area contributed by atoms with Crippen LogP contribution in [0.4, 0.5) is 0 Å². The van der Waals surface area contributed by atoms with Crippen LogP contribution >= 0.6 is 0 Å². The van der Waals surface area contributed by atoms with E-state index in [2.05, 4.69) is 39.5 Å². The fourth-order valence-corrected chi connectivity index (χ4v) is 1.73. The summed E-state index contributed by atoms with van der Waals surface area (Å²) in [5.74, 6) is 0. The molecule has 0 aliphatic heterocycles. The van der Waals surface area contributed by atoms with Crippen molar-refractivity contribution in [3.63, 3.8) is 0 Å². The van der Waals surface area contributed by atoms with Crippen LogP contribution in [-0.2, 0) is 0 Å².